The van der Waals surface area contributed by atoms with E-state index in [0.717, 1.165) is 9.13 Å². The summed E-state index contributed by atoms with van der Waals surface area (Å²) in [6.07, 6.45) is 3.30. The van der Waals surface area contributed by atoms with Crippen molar-refractivity contribution >= 4 is 40.0 Å². The van der Waals surface area contributed by atoms with Gasteiger partial charge < -0.3 is 0 Å². The Hall–Kier alpha value is -0.940. The highest BCUT2D eigenvalue weighted by molar-refractivity contribution is 14.1. The number of carbonyl (C=O) groups excluding carboxylic acids is 1. The third-order valence-corrected chi connectivity index (χ3v) is 3.49. The zero-order valence-corrected chi connectivity index (χ0v) is 12.0. The van der Waals surface area contributed by atoms with E-state index in [4.69, 9.17) is 11.6 Å². The Balaban J connectivity index is 2.47. The van der Waals surface area contributed by atoms with Gasteiger partial charge in [0.15, 0.2) is 5.78 Å². The number of nitrogens with zero attached hydrogens (tertiary/aromatic N) is 1. The van der Waals surface area contributed by atoms with E-state index >= 15 is 0 Å². The average molecular weight is 358 g/mol. The molecule has 1 aromatic carbocycles. The predicted molar refractivity (Wildman–Crippen MR) is 76.6 cm³/mol. The lowest BCUT2D eigenvalue weighted by molar-refractivity contribution is 0.103. The molecule has 0 aliphatic heterocycles. The second-order valence-corrected chi connectivity index (χ2v) is 5.30. The Morgan fingerprint density at radius 2 is 2.06 bits per heavy atom. The summed E-state index contributed by atoms with van der Waals surface area (Å²) in [5.74, 6) is -0.0481. The van der Waals surface area contributed by atoms with Crippen LogP contribution in [0, 0.1) is 10.5 Å². The zero-order valence-electron chi connectivity index (χ0n) is 9.08. The maximum absolute atomic E-state index is 12.3. The van der Waals surface area contributed by atoms with Gasteiger partial charge >= 0.3 is 0 Å². The molecule has 0 saturated heterocycles. The molecule has 0 spiro atoms. The number of carbonyl (C=O) groups is 1. The molecule has 1 aromatic heterocycles. The molecule has 4 heteroatoms. The highest BCUT2D eigenvalue weighted by Crippen LogP contribution is 2.21. The molecule has 0 bridgehead atoms. The summed E-state index contributed by atoms with van der Waals surface area (Å²) in [5.41, 5.74) is 2.17. The van der Waals surface area contributed by atoms with Crippen LogP contribution in [-0.2, 0) is 0 Å². The first-order chi connectivity index (χ1) is 8.08. The molecule has 0 radical (unpaired) electrons. The number of pyridine rings is 1. The maximum atomic E-state index is 12.3. The second kappa shape index (κ2) is 5.14. The Morgan fingerprint density at radius 3 is 2.76 bits per heavy atom. The first-order valence-corrected chi connectivity index (χ1v) is 6.45. The number of hydrogen-bond acceptors (Lipinski definition) is 2. The lowest BCUT2D eigenvalue weighted by Crippen LogP contribution is -2.04. The zero-order chi connectivity index (χ0) is 12.4. The number of rotatable bonds is 2. The highest BCUT2D eigenvalue weighted by atomic mass is 127. The molecule has 0 aliphatic rings. The van der Waals surface area contributed by atoms with Crippen LogP contribution < -0.4 is 0 Å². The number of benzene rings is 1. The van der Waals surface area contributed by atoms with Crippen molar-refractivity contribution in [1.82, 2.24) is 4.98 Å². The molecule has 0 fully saturated rings. The molecule has 0 unspecified atom stereocenters. The van der Waals surface area contributed by atoms with Crippen LogP contribution in [-0.4, -0.2) is 10.8 Å². The molecule has 0 amide bonds. The summed E-state index contributed by atoms with van der Waals surface area (Å²) in [6.45, 7) is 1.91. The van der Waals surface area contributed by atoms with Crippen LogP contribution in [0.25, 0.3) is 0 Å². The molecular formula is C13H9ClINO. The number of aromatic nitrogens is 1. The van der Waals surface area contributed by atoms with Crippen LogP contribution in [0.5, 0.6) is 0 Å². The molecule has 1 heterocycles. The lowest BCUT2D eigenvalue weighted by atomic mass is 10.0. The van der Waals surface area contributed by atoms with E-state index < -0.39 is 0 Å². The van der Waals surface area contributed by atoms with Gasteiger partial charge in [-0.25, -0.2) is 0 Å². The normalized spacial score (nSPS) is 10.3. The van der Waals surface area contributed by atoms with Gasteiger partial charge in [0.2, 0.25) is 0 Å². The van der Waals surface area contributed by atoms with Gasteiger partial charge in [-0.2, -0.15) is 0 Å². The largest absolute Gasteiger partial charge is 0.289 e. The van der Waals surface area contributed by atoms with Crippen molar-refractivity contribution < 1.29 is 4.79 Å². The maximum Gasteiger partial charge on any atom is 0.195 e. The molecule has 17 heavy (non-hydrogen) atoms. The van der Waals surface area contributed by atoms with Crippen LogP contribution in [0.4, 0.5) is 0 Å². The third kappa shape index (κ3) is 2.84. The molecule has 0 N–H and O–H groups in total. The average Bonchev–Trinajstić information content (AvgIpc) is 2.31. The predicted octanol–water partition coefficient (Wildman–Crippen LogP) is 3.88. The minimum absolute atomic E-state index is 0.0481. The minimum Gasteiger partial charge on any atom is -0.289 e. The van der Waals surface area contributed by atoms with Crippen molar-refractivity contribution in [2.45, 2.75) is 6.92 Å². The molecule has 86 valence electrons. The second-order valence-electron chi connectivity index (χ2n) is 3.70. The van der Waals surface area contributed by atoms with Crippen molar-refractivity contribution in [3.05, 3.63) is 61.9 Å². The number of halogens is 2. The molecule has 2 nitrogen and oxygen atoms in total. The van der Waals surface area contributed by atoms with E-state index in [1.54, 1.807) is 24.5 Å². The highest BCUT2D eigenvalue weighted by Gasteiger charge is 2.13. The number of aryl methyl sites for hydroxylation is 1. The van der Waals surface area contributed by atoms with Crippen LogP contribution in [0.1, 0.15) is 21.5 Å². The van der Waals surface area contributed by atoms with E-state index in [1.165, 1.54) is 0 Å². The Labute approximate surface area is 118 Å². The smallest absolute Gasteiger partial charge is 0.195 e. The monoisotopic (exact) mass is 357 g/mol. The summed E-state index contributed by atoms with van der Waals surface area (Å²) in [4.78, 5) is 16.3. The molecule has 2 aromatic rings. The SMILES string of the molecule is Cc1cncc(C(=O)c2cc(Cl)ccc2I)c1. The standard InChI is InChI=1S/C13H9ClINO/c1-8-4-9(7-16-6-8)13(17)11-5-10(14)2-3-12(11)15/h2-7H,1H3. The van der Waals surface area contributed by atoms with Crippen LogP contribution in [0.3, 0.4) is 0 Å². The van der Waals surface area contributed by atoms with E-state index in [0.29, 0.717) is 16.1 Å². The van der Waals surface area contributed by atoms with Gasteiger partial charge in [0.25, 0.3) is 0 Å². The lowest BCUT2D eigenvalue weighted by Gasteiger charge is -2.04. The van der Waals surface area contributed by atoms with Crippen LogP contribution in [0.15, 0.2) is 36.7 Å². The fraction of sp³-hybridized carbons (Fsp3) is 0.0769. The van der Waals surface area contributed by atoms with Gasteiger partial charge in [-0.15, -0.1) is 0 Å². The quantitative estimate of drug-likeness (QED) is 0.603. The molecule has 0 atom stereocenters. The minimum atomic E-state index is -0.0481. The Morgan fingerprint density at radius 1 is 1.29 bits per heavy atom. The number of ketones is 1. The summed E-state index contributed by atoms with van der Waals surface area (Å²) in [6, 6.07) is 7.12. The van der Waals surface area contributed by atoms with Crippen molar-refractivity contribution in [2.24, 2.45) is 0 Å². The van der Waals surface area contributed by atoms with Gasteiger partial charge in [-0.05, 0) is 59.3 Å². The van der Waals surface area contributed by atoms with Gasteiger partial charge in [0, 0.05) is 32.1 Å². The summed E-state index contributed by atoms with van der Waals surface area (Å²) in [5, 5.41) is 0.564. The van der Waals surface area contributed by atoms with E-state index in [1.807, 2.05) is 19.1 Å². The fourth-order valence-corrected chi connectivity index (χ4v) is 2.26. The first-order valence-electron chi connectivity index (χ1n) is 4.99. The van der Waals surface area contributed by atoms with Crippen molar-refractivity contribution in [3.63, 3.8) is 0 Å². The number of hydrogen-bond donors (Lipinski definition) is 0. The van der Waals surface area contributed by atoms with Gasteiger partial charge in [-0.3, -0.25) is 9.78 Å². The van der Waals surface area contributed by atoms with Crippen LogP contribution >= 0.6 is 34.2 Å². The molecule has 2 rings (SSSR count). The topological polar surface area (TPSA) is 30.0 Å². The molecular weight excluding hydrogens is 349 g/mol. The van der Waals surface area contributed by atoms with Crippen molar-refractivity contribution in [1.29, 1.82) is 0 Å². The van der Waals surface area contributed by atoms with E-state index in [9.17, 15) is 4.79 Å². The fourth-order valence-electron chi connectivity index (χ4n) is 1.51. The molecule has 0 saturated carbocycles. The first kappa shape index (κ1) is 12.5. The van der Waals surface area contributed by atoms with Gasteiger partial charge in [0.05, 0.1) is 0 Å². The third-order valence-electron chi connectivity index (χ3n) is 2.31. The Kier molecular flexibility index (Phi) is 3.79. The van der Waals surface area contributed by atoms with E-state index in [2.05, 4.69) is 27.6 Å². The van der Waals surface area contributed by atoms with Gasteiger partial charge in [-0.1, -0.05) is 11.6 Å². The van der Waals surface area contributed by atoms with Crippen molar-refractivity contribution in [3.8, 4) is 0 Å². The van der Waals surface area contributed by atoms with Crippen molar-refractivity contribution in [2.75, 3.05) is 0 Å². The molecule has 0 aliphatic carbocycles. The van der Waals surface area contributed by atoms with Crippen LogP contribution in [0.2, 0.25) is 5.02 Å². The summed E-state index contributed by atoms with van der Waals surface area (Å²) in [7, 11) is 0. The van der Waals surface area contributed by atoms with Gasteiger partial charge in [0.1, 0.15) is 0 Å². The summed E-state index contributed by atoms with van der Waals surface area (Å²) >= 11 is 8.04. The van der Waals surface area contributed by atoms with E-state index in [-0.39, 0.29) is 5.78 Å². The Bertz CT molecular complexity index is 583. The summed E-state index contributed by atoms with van der Waals surface area (Å²) < 4.78 is 0.888.